The van der Waals surface area contributed by atoms with Crippen molar-refractivity contribution in [2.45, 2.75) is 46.6 Å². The van der Waals surface area contributed by atoms with Crippen LogP contribution in [0, 0.1) is 11.8 Å². The van der Waals surface area contributed by atoms with Gasteiger partial charge in [0.05, 0.1) is 0 Å². The standard InChI is InChI=1S/C18H39N5.HI/c1-15(2)8-7-9-20-18(19-5)21-14-17(16(3)4)23-12-10-22(6)11-13-23;/h15-17H,7-14H2,1-6H3,(H2,19,20,21);1H. The van der Waals surface area contributed by atoms with Crippen molar-refractivity contribution >= 4 is 29.9 Å². The van der Waals surface area contributed by atoms with Crippen molar-refractivity contribution < 1.29 is 0 Å². The predicted octanol–water partition coefficient (Wildman–Crippen LogP) is 2.48. The average Bonchev–Trinajstić information content (AvgIpc) is 2.50. The maximum atomic E-state index is 4.36. The van der Waals surface area contributed by atoms with Gasteiger partial charge in [0.15, 0.2) is 5.96 Å². The molecule has 0 amide bonds. The highest BCUT2D eigenvalue weighted by atomic mass is 127. The van der Waals surface area contributed by atoms with Crippen LogP contribution in [0.25, 0.3) is 0 Å². The summed E-state index contributed by atoms with van der Waals surface area (Å²) in [5, 5.41) is 6.97. The minimum atomic E-state index is 0. The number of piperazine rings is 1. The molecule has 1 aliphatic rings. The second-order valence-electron chi connectivity index (χ2n) is 7.57. The topological polar surface area (TPSA) is 42.9 Å². The van der Waals surface area contributed by atoms with Gasteiger partial charge < -0.3 is 15.5 Å². The monoisotopic (exact) mass is 453 g/mol. The van der Waals surface area contributed by atoms with Crippen LogP contribution in [0.3, 0.4) is 0 Å². The van der Waals surface area contributed by atoms with Crippen molar-refractivity contribution in [2.75, 3.05) is 53.4 Å². The molecule has 0 spiro atoms. The van der Waals surface area contributed by atoms with Crippen LogP contribution in [-0.4, -0.2) is 75.2 Å². The van der Waals surface area contributed by atoms with Crippen LogP contribution in [0.4, 0.5) is 0 Å². The van der Waals surface area contributed by atoms with Crippen LogP contribution in [-0.2, 0) is 0 Å². The molecule has 0 aliphatic carbocycles. The largest absolute Gasteiger partial charge is 0.356 e. The summed E-state index contributed by atoms with van der Waals surface area (Å²) in [5.74, 6) is 2.35. The Hall–Kier alpha value is -0.0800. The highest BCUT2D eigenvalue weighted by Gasteiger charge is 2.24. The molecule has 1 unspecified atom stereocenters. The fourth-order valence-corrected chi connectivity index (χ4v) is 3.08. The molecule has 0 aromatic rings. The van der Waals surface area contributed by atoms with E-state index >= 15 is 0 Å². The van der Waals surface area contributed by atoms with E-state index in [1.54, 1.807) is 0 Å². The van der Waals surface area contributed by atoms with Crippen molar-refractivity contribution in [1.29, 1.82) is 0 Å². The second kappa shape index (κ2) is 13.2. The molecule has 1 rings (SSSR count). The van der Waals surface area contributed by atoms with E-state index in [1.807, 2.05) is 7.05 Å². The van der Waals surface area contributed by atoms with Crippen molar-refractivity contribution in [3.05, 3.63) is 0 Å². The van der Waals surface area contributed by atoms with E-state index in [2.05, 4.69) is 60.2 Å². The highest BCUT2D eigenvalue weighted by molar-refractivity contribution is 14.0. The number of halogens is 1. The maximum absolute atomic E-state index is 4.36. The Kier molecular flexibility index (Phi) is 13.1. The average molecular weight is 453 g/mol. The summed E-state index contributed by atoms with van der Waals surface area (Å²) < 4.78 is 0. The Labute approximate surface area is 167 Å². The summed E-state index contributed by atoms with van der Waals surface area (Å²) in [5.41, 5.74) is 0. The zero-order valence-corrected chi connectivity index (χ0v) is 19.0. The lowest BCUT2D eigenvalue weighted by atomic mass is 10.0. The molecule has 1 heterocycles. The third-order valence-corrected chi connectivity index (χ3v) is 4.73. The zero-order valence-electron chi connectivity index (χ0n) is 16.6. The zero-order chi connectivity index (χ0) is 17.2. The molecule has 6 heteroatoms. The molecule has 0 bridgehead atoms. The van der Waals surface area contributed by atoms with Gasteiger partial charge >= 0.3 is 0 Å². The molecule has 2 N–H and O–H groups in total. The van der Waals surface area contributed by atoms with E-state index in [9.17, 15) is 0 Å². The summed E-state index contributed by atoms with van der Waals surface area (Å²) in [6.07, 6.45) is 2.46. The first-order valence-corrected chi connectivity index (χ1v) is 9.31. The Morgan fingerprint density at radius 2 is 1.67 bits per heavy atom. The molecule has 1 fully saturated rings. The molecule has 1 aliphatic heterocycles. The van der Waals surface area contributed by atoms with Gasteiger partial charge in [-0.25, -0.2) is 0 Å². The van der Waals surface area contributed by atoms with Crippen molar-refractivity contribution in [3.8, 4) is 0 Å². The number of guanidine groups is 1. The van der Waals surface area contributed by atoms with E-state index in [0.29, 0.717) is 12.0 Å². The van der Waals surface area contributed by atoms with E-state index in [4.69, 9.17) is 0 Å². The molecule has 0 aromatic heterocycles. The van der Waals surface area contributed by atoms with E-state index in [0.717, 1.165) is 25.0 Å². The number of nitrogens with zero attached hydrogens (tertiary/aromatic N) is 3. The fraction of sp³-hybridized carbons (Fsp3) is 0.944. The molecule has 1 atom stereocenters. The minimum absolute atomic E-state index is 0. The lowest BCUT2D eigenvalue weighted by Crippen LogP contribution is -2.55. The van der Waals surface area contributed by atoms with Crippen LogP contribution < -0.4 is 10.6 Å². The van der Waals surface area contributed by atoms with Gasteiger partial charge in [-0.15, -0.1) is 24.0 Å². The Balaban J connectivity index is 0.00000529. The number of aliphatic imine (C=N–C) groups is 1. The Bertz CT molecular complexity index is 338. The number of hydrogen-bond acceptors (Lipinski definition) is 3. The number of likely N-dealkylation sites (N-methyl/N-ethyl adjacent to an activating group) is 1. The van der Waals surface area contributed by atoms with Crippen molar-refractivity contribution in [2.24, 2.45) is 16.8 Å². The van der Waals surface area contributed by atoms with Crippen LogP contribution in [0.5, 0.6) is 0 Å². The van der Waals surface area contributed by atoms with E-state index in [-0.39, 0.29) is 24.0 Å². The predicted molar refractivity (Wildman–Crippen MR) is 117 cm³/mol. The summed E-state index contributed by atoms with van der Waals surface area (Å²) in [4.78, 5) is 9.40. The summed E-state index contributed by atoms with van der Waals surface area (Å²) in [7, 11) is 4.07. The maximum Gasteiger partial charge on any atom is 0.191 e. The van der Waals surface area contributed by atoms with Crippen LogP contribution in [0.2, 0.25) is 0 Å². The van der Waals surface area contributed by atoms with Gasteiger partial charge in [-0.2, -0.15) is 0 Å². The highest BCUT2D eigenvalue weighted by Crippen LogP contribution is 2.12. The first-order chi connectivity index (χ1) is 10.9. The Morgan fingerprint density at radius 3 is 2.17 bits per heavy atom. The first-order valence-electron chi connectivity index (χ1n) is 9.31. The van der Waals surface area contributed by atoms with Gasteiger partial charge in [-0.1, -0.05) is 27.7 Å². The van der Waals surface area contributed by atoms with Crippen LogP contribution in [0.15, 0.2) is 4.99 Å². The summed E-state index contributed by atoms with van der Waals surface area (Å²) >= 11 is 0. The number of hydrogen-bond donors (Lipinski definition) is 2. The molecule has 0 radical (unpaired) electrons. The van der Waals surface area contributed by atoms with Crippen molar-refractivity contribution in [3.63, 3.8) is 0 Å². The number of rotatable bonds is 8. The smallest absolute Gasteiger partial charge is 0.191 e. The SMILES string of the molecule is CN=C(NCCCC(C)C)NCC(C(C)C)N1CCN(C)CC1.I. The molecular formula is C18H40IN5. The molecule has 0 saturated carbocycles. The van der Waals surface area contributed by atoms with E-state index < -0.39 is 0 Å². The van der Waals surface area contributed by atoms with Crippen LogP contribution in [0.1, 0.15) is 40.5 Å². The van der Waals surface area contributed by atoms with Gasteiger partial charge in [0, 0.05) is 52.4 Å². The number of nitrogens with one attached hydrogen (secondary N) is 2. The molecule has 144 valence electrons. The summed E-state index contributed by atoms with van der Waals surface area (Å²) in [6.45, 7) is 15.8. The van der Waals surface area contributed by atoms with Gasteiger partial charge in [-0.3, -0.25) is 9.89 Å². The van der Waals surface area contributed by atoms with Gasteiger partial charge in [0.1, 0.15) is 0 Å². The minimum Gasteiger partial charge on any atom is -0.356 e. The van der Waals surface area contributed by atoms with Crippen LogP contribution >= 0.6 is 24.0 Å². The van der Waals surface area contributed by atoms with Crippen molar-refractivity contribution in [1.82, 2.24) is 20.4 Å². The molecule has 5 nitrogen and oxygen atoms in total. The molecular weight excluding hydrogens is 413 g/mol. The summed E-state index contributed by atoms with van der Waals surface area (Å²) in [6, 6.07) is 0.568. The second-order valence-corrected chi connectivity index (χ2v) is 7.57. The van der Waals surface area contributed by atoms with Gasteiger partial charge in [0.25, 0.3) is 0 Å². The quantitative estimate of drug-likeness (QED) is 0.257. The molecule has 24 heavy (non-hydrogen) atoms. The Morgan fingerprint density at radius 1 is 1.04 bits per heavy atom. The lowest BCUT2D eigenvalue weighted by molar-refractivity contribution is 0.0900. The first kappa shape index (κ1) is 23.9. The molecule has 0 aromatic carbocycles. The van der Waals surface area contributed by atoms with Gasteiger partial charge in [-0.05, 0) is 31.7 Å². The normalized spacial score (nSPS) is 18.6. The lowest BCUT2D eigenvalue weighted by Gasteiger charge is -2.40. The molecule has 1 saturated heterocycles. The fourth-order valence-electron chi connectivity index (χ4n) is 3.08. The van der Waals surface area contributed by atoms with E-state index in [1.165, 1.54) is 39.0 Å². The van der Waals surface area contributed by atoms with Gasteiger partial charge in [0.2, 0.25) is 0 Å². The third-order valence-electron chi connectivity index (χ3n) is 4.73. The third kappa shape index (κ3) is 9.42.